The fraction of sp³-hybridized carbons (Fsp3) is 0.450. The van der Waals surface area contributed by atoms with Crippen LogP contribution in [0.5, 0.6) is 0 Å². The van der Waals surface area contributed by atoms with Gasteiger partial charge in [-0.3, -0.25) is 9.59 Å². The minimum atomic E-state index is -0.167. The number of aryl methyl sites for hydroxylation is 1. The molecule has 2 amide bonds. The summed E-state index contributed by atoms with van der Waals surface area (Å²) in [7, 11) is 0. The monoisotopic (exact) mass is 370 g/mol. The Kier molecular flexibility index (Phi) is 6.24. The zero-order valence-electron chi connectivity index (χ0n) is 15.6. The van der Waals surface area contributed by atoms with Crippen molar-refractivity contribution in [2.24, 2.45) is 5.73 Å². The molecular weight excluding hydrogens is 344 g/mol. The largest absolute Gasteiger partial charge is 0.431 e. The number of amides is 2. The van der Waals surface area contributed by atoms with E-state index in [0.717, 1.165) is 24.8 Å². The third-order valence-corrected chi connectivity index (χ3v) is 4.81. The number of benzene rings is 1. The van der Waals surface area contributed by atoms with Crippen molar-refractivity contribution in [2.75, 3.05) is 19.6 Å². The zero-order valence-corrected chi connectivity index (χ0v) is 15.6. The van der Waals surface area contributed by atoms with E-state index < -0.39 is 0 Å². The molecular formula is C20H26N4O3. The van der Waals surface area contributed by atoms with Crippen LogP contribution in [0.25, 0.3) is 11.5 Å². The summed E-state index contributed by atoms with van der Waals surface area (Å²) >= 11 is 0. The van der Waals surface area contributed by atoms with Gasteiger partial charge in [-0.2, -0.15) is 0 Å². The molecule has 7 heteroatoms. The van der Waals surface area contributed by atoms with E-state index in [2.05, 4.69) is 10.3 Å². The van der Waals surface area contributed by atoms with Crippen LogP contribution in [0, 0.1) is 6.92 Å². The molecule has 144 valence electrons. The summed E-state index contributed by atoms with van der Waals surface area (Å²) < 4.78 is 5.82. The van der Waals surface area contributed by atoms with Gasteiger partial charge in [-0.05, 0) is 38.3 Å². The van der Waals surface area contributed by atoms with Crippen LogP contribution in [0.1, 0.15) is 41.9 Å². The van der Waals surface area contributed by atoms with Crippen molar-refractivity contribution in [2.45, 2.75) is 38.6 Å². The highest BCUT2D eigenvalue weighted by atomic mass is 16.4. The summed E-state index contributed by atoms with van der Waals surface area (Å²) in [5.74, 6) is 0.466. The van der Waals surface area contributed by atoms with Crippen molar-refractivity contribution in [3.63, 3.8) is 0 Å². The lowest BCUT2D eigenvalue weighted by Gasteiger charge is -2.35. The number of carbonyl (C=O) groups excluding carboxylic acids is 2. The first-order chi connectivity index (χ1) is 13.1. The molecule has 1 aliphatic heterocycles. The third kappa shape index (κ3) is 4.54. The standard InChI is InChI=1S/C20H26N4O3/c1-14-18(27-19(23-14)15-7-3-2-4-8-15)20(26)24-12-6-5-9-16(24)13-22-17(25)10-11-21/h2-4,7-8,16H,5-6,9-13,21H2,1H3,(H,22,25). The van der Waals surface area contributed by atoms with E-state index in [-0.39, 0.29) is 23.6 Å². The second-order valence-electron chi connectivity index (χ2n) is 6.79. The van der Waals surface area contributed by atoms with Crippen molar-refractivity contribution >= 4 is 11.8 Å². The molecule has 0 bridgehead atoms. The lowest BCUT2D eigenvalue weighted by Crippen LogP contribution is -2.49. The van der Waals surface area contributed by atoms with Gasteiger partial charge < -0.3 is 20.4 Å². The molecule has 1 fully saturated rings. The quantitative estimate of drug-likeness (QED) is 0.811. The van der Waals surface area contributed by atoms with Crippen LogP contribution in [0.3, 0.4) is 0 Å². The predicted octanol–water partition coefficient (Wildman–Crippen LogP) is 2.11. The van der Waals surface area contributed by atoms with Gasteiger partial charge in [0, 0.05) is 37.7 Å². The highest BCUT2D eigenvalue weighted by molar-refractivity contribution is 5.93. The Bertz CT molecular complexity index is 788. The van der Waals surface area contributed by atoms with E-state index in [1.54, 1.807) is 11.8 Å². The van der Waals surface area contributed by atoms with Gasteiger partial charge in [0.15, 0.2) is 0 Å². The molecule has 2 heterocycles. The molecule has 1 aromatic carbocycles. The van der Waals surface area contributed by atoms with Crippen LogP contribution in [0.15, 0.2) is 34.7 Å². The van der Waals surface area contributed by atoms with Crippen molar-refractivity contribution < 1.29 is 14.0 Å². The van der Waals surface area contributed by atoms with Crippen LogP contribution >= 0.6 is 0 Å². The topological polar surface area (TPSA) is 101 Å². The molecule has 2 aromatic rings. The number of rotatable bonds is 6. The first kappa shape index (κ1) is 19.1. The van der Waals surface area contributed by atoms with E-state index in [4.69, 9.17) is 10.2 Å². The normalized spacial score (nSPS) is 17.0. The molecule has 0 saturated carbocycles. The summed E-state index contributed by atoms with van der Waals surface area (Å²) in [4.78, 5) is 31.1. The summed E-state index contributed by atoms with van der Waals surface area (Å²) in [6.07, 6.45) is 3.12. The highest BCUT2D eigenvalue weighted by Gasteiger charge is 2.31. The second kappa shape index (κ2) is 8.81. The van der Waals surface area contributed by atoms with E-state index in [1.807, 2.05) is 30.3 Å². The number of nitrogens with one attached hydrogen (secondary N) is 1. The lowest BCUT2D eigenvalue weighted by atomic mass is 10.0. The zero-order chi connectivity index (χ0) is 19.2. The minimum absolute atomic E-state index is 0.0438. The molecule has 0 aliphatic carbocycles. The van der Waals surface area contributed by atoms with Gasteiger partial charge in [-0.15, -0.1) is 0 Å². The van der Waals surface area contributed by atoms with Crippen molar-refractivity contribution in [3.8, 4) is 11.5 Å². The Morgan fingerprint density at radius 1 is 1.30 bits per heavy atom. The summed E-state index contributed by atoms with van der Waals surface area (Å²) in [6, 6.07) is 9.48. The maximum atomic E-state index is 13.1. The molecule has 0 spiro atoms. The molecule has 1 aliphatic rings. The first-order valence-corrected chi connectivity index (χ1v) is 9.40. The highest BCUT2D eigenvalue weighted by Crippen LogP contribution is 2.25. The number of aromatic nitrogens is 1. The van der Waals surface area contributed by atoms with Gasteiger partial charge in [-0.25, -0.2) is 4.98 Å². The molecule has 3 rings (SSSR count). The molecule has 7 nitrogen and oxygen atoms in total. The maximum absolute atomic E-state index is 13.1. The number of carbonyl (C=O) groups is 2. The van der Waals surface area contributed by atoms with Gasteiger partial charge in [0.2, 0.25) is 17.6 Å². The predicted molar refractivity (Wildman–Crippen MR) is 102 cm³/mol. The van der Waals surface area contributed by atoms with E-state index in [1.165, 1.54) is 0 Å². The Morgan fingerprint density at radius 2 is 2.07 bits per heavy atom. The molecule has 3 N–H and O–H groups in total. The Hall–Kier alpha value is -2.67. The fourth-order valence-electron chi connectivity index (χ4n) is 3.36. The van der Waals surface area contributed by atoms with Crippen molar-refractivity contribution in [3.05, 3.63) is 41.8 Å². The van der Waals surface area contributed by atoms with Gasteiger partial charge in [0.1, 0.15) is 0 Å². The molecule has 1 atom stereocenters. The smallest absolute Gasteiger partial charge is 0.291 e. The number of likely N-dealkylation sites (tertiary alicyclic amines) is 1. The Morgan fingerprint density at radius 3 is 2.81 bits per heavy atom. The van der Waals surface area contributed by atoms with Crippen LogP contribution in [-0.2, 0) is 4.79 Å². The van der Waals surface area contributed by atoms with Crippen molar-refractivity contribution in [1.29, 1.82) is 0 Å². The summed E-state index contributed by atoms with van der Waals surface area (Å²) in [6.45, 7) is 3.18. The van der Waals surface area contributed by atoms with E-state index in [0.29, 0.717) is 37.6 Å². The van der Waals surface area contributed by atoms with Gasteiger partial charge >= 0.3 is 0 Å². The van der Waals surface area contributed by atoms with E-state index >= 15 is 0 Å². The third-order valence-electron chi connectivity index (χ3n) is 4.81. The Balaban J connectivity index is 1.75. The maximum Gasteiger partial charge on any atom is 0.291 e. The van der Waals surface area contributed by atoms with Gasteiger partial charge in [0.25, 0.3) is 5.91 Å². The van der Waals surface area contributed by atoms with Crippen LogP contribution in [0.4, 0.5) is 0 Å². The molecule has 0 radical (unpaired) electrons. The molecule has 27 heavy (non-hydrogen) atoms. The van der Waals surface area contributed by atoms with E-state index in [9.17, 15) is 9.59 Å². The lowest BCUT2D eigenvalue weighted by molar-refractivity contribution is -0.121. The van der Waals surface area contributed by atoms with Gasteiger partial charge in [0.05, 0.1) is 5.69 Å². The summed E-state index contributed by atoms with van der Waals surface area (Å²) in [5, 5.41) is 2.88. The average Bonchev–Trinajstić information content (AvgIpc) is 3.09. The van der Waals surface area contributed by atoms with Crippen LogP contribution < -0.4 is 11.1 Å². The first-order valence-electron chi connectivity index (χ1n) is 9.40. The molecule has 1 unspecified atom stereocenters. The number of hydrogen-bond acceptors (Lipinski definition) is 5. The second-order valence-corrected chi connectivity index (χ2v) is 6.79. The Labute approximate surface area is 158 Å². The molecule has 1 aromatic heterocycles. The minimum Gasteiger partial charge on any atom is -0.431 e. The number of nitrogens with two attached hydrogens (primary N) is 1. The number of nitrogens with zero attached hydrogens (tertiary/aromatic N) is 2. The number of oxazole rings is 1. The SMILES string of the molecule is Cc1nc(-c2ccccc2)oc1C(=O)N1CCCCC1CNC(=O)CCN. The molecule has 1 saturated heterocycles. The number of piperidine rings is 1. The van der Waals surface area contributed by atoms with Crippen LogP contribution in [0.2, 0.25) is 0 Å². The summed E-state index contributed by atoms with van der Waals surface area (Å²) in [5.41, 5.74) is 6.83. The van der Waals surface area contributed by atoms with Gasteiger partial charge in [-0.1, -0.05) is 18.2 Å². The fourth-order valence-corrected chi connectivity index (χ4v) is 3.36. The number of hydrogen-bond donors (Lipinski definition) is 2. The van der Waals surface area contributed by atoms with Crippen LogP contribution in [-0.4, -0.2) is 47.4 Å². The average molecular weight is 370 g/mol. The van der Waals surface area contributed by atoms with Crippen molar-refractivity contribution in [1.82, 2.24) is 15.2 Å².